The standard InChI is InChI=1S/C19H31N5O2/c1-14(2)20-18-16-12-23(11-15-4-8-26-13-15)5-3-17(16)21-19(22-18)24-6-9-25-10-7-24/h14-15H,3-13H2,1-2H3,(H,20,21,22). The summed E-state index contributed by atoms with van der Waals surface area (Å²) in [6, 6.07) is 0.352. The summed E-state index contributed by atoms with van der Waals surface area (Å²) < 4.78 is 11.0. The number of rotatable bonds is 5. The minimum atomic E-state index is 0.352. The van der Waals surface area contributed by atoms with Gasteiger partial charge in [0.2, 0.25) is 5.95 Å². The van der Waals surface area contributed by atoms with Crippen LogP contribution in [0.4, 0.5) is 11.8 Å². The number of ether oxygens (including phenoxy) is 2. The monoisotopic (exact) mass is 361 g/mol. The van der Waals surface area contributed by atoms with Crippen LogP contribution in [-0.4, -0.2) is 73.5 Å². The number of nitrogens with zero attached hydrogens (tertiary/aromatic N) is 4. The molecule has 7 nitrogen and oxygen atoms in total. The Labute approximate surface area is 156 Å². The Kier molecular flexibility index (Phi) is 5.57. The first-order valence-electron chi connectivity index (χ1n) is 9.98. The van der Waals surface area contributed by atoms with Crippen LogP contribution in [0.15, 0.2) is 0 Å². The van der Waals surface area contributed by atoms with Gasteiger partial charge in [-0.2, -0.15) is 4.98 Å². The Balaban J connectivity index is 1.55. The molecule has 1 atom stereocenters. The van der Waals surface area contributed by atoms with Crippen LogP contribution in [0.1, 0.15) is 31.5 Å². The van der Waals surface area contributed by atoms with Gasteiger partial charge in [-0.25, -0.2) is 4.98 Å². The number of nitrogens with one attached hydrogen (secondary N) is 1. The van der Waals surface area contributed by atoms with Gasteiger partial charge in [-0.05, 0) is 26.2 Å². The number of fused-ring (bicyclic) bond motifs is 1. The van der Waals surface area contributed by atoms with Crippen LogP contribution in [0.3, 0.4) is 0 Å². The molecule has 7 heteroatoms. The predicted molar refractivity (Wildman–Crippen MR) is 102 cm³/mol. The van der Waals surface area contributed by atoms with E-state index in [2.05, 4.69) is 29.0 Å². The number of anilines is 2. The third-order valence-electron chi connectivity index (χ3n) is 5.39. The van der Waals surface area contributed by atoms with E-state index in [1.165, 1.54) is 17.7 Å². The summed E-state index contributed by atoms with van der Waals surface area (Å²) in [4.78, 5) is 14.6. The van der Waals surface area contributed by atoms with Crippen LogP contribution in [0.5, 0.6) is 0 Å². The molecular formula is C19H31N5O2. The zero-order chi connectivity index (χ0) is 17.9. The van der Waals surface area contributed by atoms with Gasteiger partial charge in [0, 0.05) is 57.4 Å². The summed E-state index contributed by atoms with van der Waals surface area (Å²) in [5.74, 6) is 2.54. The lowest BCUT2D eigenvalue weighted by atomic mass is 10.0. The second-order valence-electron chi connectivity index (χ2n) is 7.91. The highest BCUT2D eigenvalue weighted by Crippen LogP contribution is 2.28. The summed E-state index contributed by atoms with van der Waals surface area (Å²) in [6.07, 6.45) is 2.18. The van der Waals surface area contributed by atoms with E-state index in [0.29, 0.717) is 12.0 Å². The van der Waals surface area contributed by atoms with Gasteiger partial charge in [0.1, 0.15) is 5.82 Å². The van der Waals surface area contributed by atoms with Crippen LogP contribution in [0.2, 0.25) is 0 Å². The average Bonchev–Trinajstić information content (AvgIpc) is 3.15. The largest absolute Gasteiger partial charge is 0.381 e. The Morgan fingerprint density at radius 1 is 1.12 bits per heavy atom. The molecule has 1 unspecified atom stereocenters. The molecule has 1 aromatic heterocycles. The van der Waals surface area contributed by atoms with Crippen LogP contribution in [-0.2, 0) is 22.4 Å². The summed E-state index contributed by atoms with van der Waals surface area (Å²) in [5, 5.41) is 3.57. The second-order valence-corrected chi connectivity index (χ2v) is 7.91. The molecule has 26 heavy (non-hydrogen) atoms. The van der Waals surface area contributed by atoms with Gasteiger partial charge in [-0.3, -0.25) is 4.90 Å². The second kappa shape index (κ2) is 8.06. The van der Waals surface area contributed by atoms with Crippen LogP contribution in [0.25, 0.3) is 0 Å². The van der Waals surface area contributed by atoms with Gasteiger partial charge >= 0.3 is 0 Å². The van der Waals surface area contributed by atoms with Crippen molar-refractivity contribution in [3.63, 3.8) is 0 Å². The highest BCUT2D eigenvalue weighted by molar-refractivity contribution is 5.52. The van der Waals surface area contributed by atoms with E-state index in [-0.39, 0.29) is 0 Å². The molecule has 4 heterocycles. The average molecular weight is 361 g/mol. The highest BCUT2D eigenvalue weighted by atomic mass is 16.5. The summed E-state index contributed by atoms with van der Waals surface area (Å²) in [5.41, 5.74) is 2.49. The molecular weight excluding hydrogens is 330 g/mol. The molecule has 0 aromatic carbocycles. The minimum Gasteiger partial charge on any atom is -0.381 e. The zero-order valence-corrected chi connectivity index (χ0v) is 16.0. The van der Waals surface area contributed by atoms with Crippen molar-refractivity contribution in [2.24, 2.45) is 5.92 Å². The van der Waals surface area contributed by atoms with Crippen LogP contribution >= 0.6 is 0 Å². The maximum atomic E-state index is 5.55. The Hall–Kier alpha value is -1.44. The van der Waals surface area contributed by atoms with E-state index in [4.69, 9.17) is 19.4 Å². The van der Waals surface area contributed by atoms with Gasteiger partial charge in [0.05, 0.1) is 25.5 Å². The van der Waals surface area contributed by atoms with Crippen molar-refractivity contribution >= 4 is 11.8 Å². The molecule has 0 bridgehead atoms. The van der Waals surface area contributed by atoms with Crippen LogP contribution in [0, 0.1) is 5.92 Å². The van der Waals surface area contributed by atoms with Gasteiger partial charge in [-0.1, -0.05) is 0 Å². The summed E-state index contributed by atoms with van der Waals surface area (Å²) in [7, 11) is 0. The van der Waals surface area contributed by atoms with E-state index in [1.54, 1.807) is 0 Å². The predicted octanol–water partition coefficient (Wildman–Crippen LogP) is 1.53. The van der Waals surface area contributed by atoms with E-state index in [9.17, 15) is 0 Å². The van der Waals surface area contributed by atoms with E-state index in [0.717, 1.165) is 77.3 Å². The fourth-order valence-electron chi connectivity index (χ4n) is 4.00. The molecule has 1 N–H and O–H groups in total. The summed E-state index contributed by atoms with van der Waals surface area (Å²) in [6.45, 7) is 12.5. The first kappa shape index (κ1) is 17.9. The lowest BCUT2D eigenvalue weighted by molar-refractivity contribution is 0.122. The van der Waals surface area contributed by atoms with Crippen molar-refractivity contribution in [2.75, 3.05) is 62.8 Å². The molecule has 0 amide bonds. The van der Waals surface area contributed by atoms with Crippen molar-refractivity contribution in [1.82, 2.24) is 14.9 Å². The molecule has 1 aromatic rings. The maximum Gasteiger partial charge on any atom is 0.227 e. The Morgan fingerprint density at radius 2 is 1.96 bits per heavy atom. The van der Waals surface area contributed by atoms with Gasteiger partial charge in [0.25, 0.3) is 0 Å². The topological polar surface area (TPSA) is 62.8 Å². The lowest BCUT2D eigenvalue weighted by Crippen LogP contribution is -2.39. The molecule has 0 aliphatic carbocycles. The Morgan fingerprint density at radius 3 is 2.69 bits per heavy atom. The van der Waals surface area contributed by atoms with Gasteiger partial charge in [-0.15, -0.1) is 0 Å². The fourth-order valence-corrected chi connectivity index (χ4v) is 4.00. The number of hydrogen-bond donors (Lipinski definition) is 1. The molecule has 144 valence electrons. The van der Waals surface area contributed by atoms with Crippen molar-refractivity contribution in [3.05, 3.63) is 11.3 Å². The molecule has 3 aliphatic rings. The third-order valence-corrected chi connectivity index (χ3v) is 5.39. The van der Waals surface area contributed by atoms with Gasteiger partial charge < -0.3 is 19.7 Å². The van der Waals surface area contributed by atoms with Crippen molar-refractivity contribution in [1.29, 1.82) is 0 Å². The Bertz CT molecular complexity index is 612. The lowest BCUT2D eigenvalue weighted by Gasteiger charge is -2.33. The molecule has 2 fully saturated rings. The zero-order valence-electron chi connectivity index (χ0n) is 16.0. The van der Waals surface area contributed by atoms with Gasteiger partial charge in [0.15, 0.2) is 0 Å². The molecule has 4 rings (SSSR count). The molecule has 0 saturated carbocycles. The molecule has 3 aliphatic heterocycles. The van der Waals surface area contributed by atoms with E-state index < -0.39 is 0 Å². The quantitative estimate of drug-likeness (QED) is 0.853. The highest BCUT2D eigenvalue weighted by Gasteiger charge is 2.27. The smallest absolute Gasteiger partial charge is 0.227 e. The molecule has 0 radical (unpaired) electrons. The van der Waals surface area contributed by atoms with E-state index in [1.807, 2.05) is 0 Å². The number of hydrogen-bond acceptors (Lipinski definition) is 7. The fraction of sp³-hybridized carbons (Fsp3) is 0.789. The molecule has 2 saturated heterocycles. The van der Waals surface area contributed by atoms with Crippen molar-refractivity contribution < 1.29 is 9.47 Å². The van der Waals surface area contributed by atoms with Crippen molar-refractivity contribution in [3.8, 4) is 0 Å². The van der Waals surface area contributed by atoms with E-state index >= 15 is 0 Å². The number of aromatic nitrogens is 2. The normalized spacial score (nSPS) is 24.1. The maximum absolute atomic E-state index is 5.55. The third kappa shape index (κ3) is 4.10. The minimum absolute atomic E-state index is 0.352. The first-order valence-corrected chi connectivity index (χ1v) is 9.98. The summed E-state index contributed by atoms with van der Waals surface area (Å²) >= 11 is 0. The number of morpholine rings is 1. The SMILES string of the molecule is CC(C)Nc1nc(N2CCOCC2)nc2c1CN(CC1CCOC1)CC2. The molecule has 0 spiro atoms. The first-order chi connectivity index (χ1) is 12.7. The van der Waals surface area contributed by atoms with Crippen LogP contribution < -0.4 is 10.2 Å². The van der Waals surface area contributed by atoms with Crippen molar-refractivity contribution in [2.45, 2.75) is 39.3 Å².